The second-order valence-electron chi connectivity index (χ2n) is 7.67. The minimum absolute atomic E-state index is 0.0174. The molecule has 0 spiro atoms. The molecule has 0 bridgehead atoms. The number of nitrogens with one attached hydrogen (secondary N) is 2. The van der Waals surface area contributed by atoms with Gasteiger partial charge in [-0.3, -0.25) is 4.79 Å². The topological polar surface area (TPSA) is 88.5 Å². The Kier molecular flexibility index (Phi) is 8.39. The molecule has 0 fully saturated rings. The molecule has 158 valence electrons. The standard InChI is InChI=1S/C23H29N5O2/c1-17(2)25-23(30)26-21-7-5-6-20(14-21)22(29)28(13-12-27(3)4)16-19-10-8-18(15-24)9-11-19/h5-11,14,17H,12-13,16H2,1-4H3,(H2,25,26,30). The van der Waals surface area contributed by atoms with Gasteiger partial charge in [0.15, 0.2) is 0 Å². The first-order valence-electron chi connectivity index (χ1n) is 9.89. The van der Waals surface area contributed by atoms with Crippen molar-refractivity contribution in [2.24, 2.45) is 0 Å². The average Bonchev–Trinajstić information content (AvgIpc) is 2.70. The van der Waals surface area contributed by atoms with Crippen LogP contribution in [0, 0.1) is 11.3 Å². The van der Waals surface area contributed by atoms with Crippen molar-refractivity contribution in [2.45, 2.75) is 26.4 Å². The average molecular weight is 408 g/mol. The van der Waals surface area contributed by atoms with Gasteiger partial charge >= 0.3 is 6.03 Å². The Balaban J connectivity index is 2.18. The predicted molar refractivity (Wildman–Crippen MR) is 118 cm³/mol. The first-order valence-corrected chi connectivity index (χ1v) is 9.89. The van der Waals surface area contributed by atoms with Crippen LogP contribution in [0.2, 0.25) is 0 Å². The van der Waals surface area contributed by atoms with Crippen LogP contribution in [0.25, 0.3) is 0 Å². The quantitative estimate of drug-likeness (QED) is 0.703. The van der Waals surface area contributed by atoms with Crippen LogP contribution in [0.1, 0.15) is 35.3 Å². The molecule has 0 saturated heterocycles. The van der Waals surface area contributed by atoms with Crippen LogP contribution >= 0.6 is 0 Å². The van der Waals surface area contributed by atoms with Crippen molar-refractivity contribution >= 4 is 17.6 Å². The first kappa shape index (κ1) is 22.9. The number of hydrogen-bond donors (Lipinski definition) is 2. The van der Waals surface area contributed by atoms with Gasteiger partial charge in [0, 0.05) is 36.9 Å². The highest BCUT2D eigenvalue weighted by Crippen LogP contribution is 2.15. The number of amides is 3. The van der Waals surface area contributed by atoms with E-state index in [2.05, 4.69) is 16.7 Å². The van der Waals surface area contributed by atoms with E-state index in [1.54, 1.807) is 41.3 Å². The minimum Gasteiger partial charge on any atom is -0.336 e. The van der Waals surface area contributed by atoms with E-state index in [-0.39, 0.29) is 18.0 Å². The fraction of sp³-hybridized carbons (Fsp3) is 0.348. The lowest BCUT2D eigenvalue weighted by Crippen LogP contribution is -2.36. The molecule has 0 saturated carbocycles. The maximum Gasteiger partial charge on any atom is 0.319 e. The molecular formula is C23H29N5O2. The van der Waals surface area contributed by atoms with Crippen molar-refractivity contribution in [1.29, 1.82) is 5.26 Å². The van der Waals surface area contributed by atoms with Crippen LogP contribution in [-0.4, -0.2) is 55.0 Å². The van der Waals surface area contributed by atoms with Crippen molar-refractivity contribution in [3.63, 3.8) is 0 Å². The summed E-state index contributed by atoms with van der Waals surface area (Å²) in [5, 5.41) is 14.5. The normalized spacial score (nSPS) is 10.6. The zero-order valence-corrected chi connectivity index (χ0v) is 18.0. The Morgan fingerprint density at radius 1 is 1.07 bits per heavy atom. The Labute approximate surface area is 178 Å². The van der Waals surface area contributed by atoms with Crippen molar-refractivity contribution in [3.8, 4) is 6.07 Å². The number of likely N-dealkylation sites (N-methyl/N-ethyl adjacent to an activating group) is 1. The van der Waals surface area contributed by atoms with Crippen LogP contribution in [0.3, 0.4) is 0 Å². The van der Waals surface area contributed by atoms with E-state index in [1.165, 1.54) is 0 Å². The number of nitrogens with zero attached hydrogens (tertiary/aromatic N) is 3. The molecule has 0 aliphatic carbocycles. The van der Waals surface area contributed by atoms with E-state index in [0.717, 1.165) is 12.1 Å². The number of hydrogen-bond acceptors (Lipinski definition) is 4. The summed E-state index contributed by atoms with van der Waals surface area (Å²) in [6.45, 7) is 5.47. The summed E-state index contributed by atoms with van der Waals surface area (Å²) in [5.74, 6) is -0.117. The molecule has 0 radical (unpaired) electrons. The Morgan fingerprint density at radius 3 is 2.37 bits per heavy atom. The van der Waals surface area contributed by atoms with E-state index < -0.39 is 0 Å². The molecule has 2 rings (SSSR count). The molecule has 7 nitrogen and oxygen atoms in total. The fourth-order valence-electron chi connectivity index (χ4n) is 2.82. The van der Waals surface area contributed by atoms with Crippen molar-refractivity contribution in [1.82, 2.24) is 15.1 Å². The van der Waals surface area contributed by atoms with E-state index in [1.807, 2.05) is 45.0 Å². The highest BCUT2D eigenvalue weighted by Gasteiger charge is 2.17. The Morgan fingerprint density at radius 2 is 1.77 bits per heavy atom. The third-order valence-corrected chi connectivity index (χ3v) is 4.35. The molecule has 30 heavy (non-hydrogen) atoms. The molecule has 2 aromatic rings. The van der Waals surface area contributed by atoms with Gasteiger partial charge in [0.2, 0.25) is 0 Å². The van der Waals surface area contributed by atoms with Gasteiger partial charge in [-0.15, -0.1) is 0 Å². The number of urea groups is 1. The summed E-state index contributed by atoms with van der Waals surface area (Å²) >= 11 is 0. The minimum atomic E-state index is -0.309. The van der Waals surface area contributed by atoms with Crippen LogP contribution < -0.4 is 10.6 Å². The van der Waals surface area contributed by atoms with Gasteiger partial charge in [-0.2, -0.15) is 5.26 Å². The lowest BCUT2D eigenvalue weighted by molar-refractivity contribution is 0.0732. The molecule has 2 N–H and O–H groups in total. The zero-order chi connectivity index (χ0) is 22.1. The molecular weight excluding hydrogens is 378 g/mol. The van der Waals surface area contributed by atoms with Gasteiger partial charge in [0.1, 0.15) is 0 Å². The van der Waals surface area contributed by atoms with Gasteiger partial charge in [-0.1, -0.05) is 18.2 Å². The van der Waals surface area contributed by atoms with Crippen molar-refractivity contribution in [2.75, 3.05) is 32.5 Å². The largest absolute Gasteiger partial charge is 0.336 e. The van der Waals surface area contributed by atoms with Crippen molar-refractivity contribution < 1.29 is 9.59 Å². The molecule has 0 aromatic heterocycles. The molecule has 0 unspecified atom stereocenters. The van der Waals surface area contributed by atoms with Gasteiger partial charge < -0.3 is 20.4 Å². The maximum absolute atomic E-state index is 13.2. The summed E-state index contributed by atoms with van der Waals surface area (Å²) in [6.07, 6.45) is 0. The molecule has 0 aliphatic heterocycles. The van der Waals surface area contributed by atoms with Gasteiger partial charge in [-0.25, -0.2) is 4.79 Å². The first-order chi connectivity index (χ1) is 14.3. The van der Waals surface area contributed by atoms with Gasteiger partial charge in [0.05, 0.1) is 11.6 Å². The highest BCUT2D eigenvalue weighted by atomic mass is 16.2. The predicted octanol–water partition coefficient (Wildman–Crippen LogP) is 3.29. The molecule has 3 amide bonds. The summed E-state index contributed by atoms with van der Waals surface area (Å²) in [4.78, 5) is 29.0. The van der Waals surface area contributed by atoms with E-state index in [9.17, 15) is 9.59 Å². The number of carbonyl (C=O) groups is 2. The number of nitriles is 1. The number of anilines is 1. The second-order valence-corrected chi connectivity index (χ2v) is 7.67. The SMILES string of the molecule is CC(C)NC(=O)Nc1cccc(C(=O)N(CCN(C)C)Cc2ccc(C#N)cc2)c1. The second kappa shape index (κ2) is 11.0. The van der Waals surface area contributed by atoms with Crippen LogP contribution in [0.5, 0.6) is 0 Å². The van der Waals surface area contributed by atoms with E-state index in [4.69, 9.17) is 5.26 Å². The zero-order valence-electron chi connectivity index (χ0n) is 18.0. The fourth-order valence-corrected chi connectivity index (χ4v) is 2.82. The molecule has 0 aliphatic rings. The van der Waals surface area contributed by atoms with E-state index >= 15 is 0 Å². The maximum atomic E-state index is 13.2. The van der Waals surface area contributed by atoms with Crippen molar-refractivity contribution in [3.05, 3.63) is 65.2 Å². The highest BCUT2D eigenvalue weighted by molar-refractivity contribution is 5.97. The van der Waals surface area contributed by atoms with Gasteiger partial charge in [-0.05, 0) is 63.8 Å². The lowest BCUT2D eigenvalue weighted by atomic mass is 10.1. The number of benzene rings is 2. The number of carbonyl (C=O) groups excluding carboxylic acids is 2. The summed E-state index contributed by atoms with van der Waals surface area (Å²) < 4.78 is 0. The monoisotopic (exact) mass is 407 g/mol. The molecule has 0 atom stereocenters. The van der Waals surface area contributed by atoms with Crippen LogP contribution in [0.15, 0.2) is 48.5 Å². The molecule has 2 aromatic carbocycles. The smallest absolute Gasteiger partial charge is 0.319 e. The third-order valence-electron chi connectivity index (χ3n) is 4.35. The third kappa shape index (κ3) is 7.22. The molecule has 0 heterocycles. The van der Waals surface area contributed by atoms with Crippen LogP contribution in [0.4, 0.5) is 10.5 Å². The van der Waals surface area contributed by atoms with Crippen LogP contribution in [-0.2, 0) is 6.54 Å². The molecule has 7 heteroatoms. The summed E-state index contributed by atoms with van der Waals surface area (Å²) in [5.41, 5.74) is 2.60. The number of rotatable bonds is 8. The van der Waals surface area contributed by atoms with Gasteiger partial charge in [0.25, 0.3) is 5.91 Å². The Hall–Kier alpha value is -3.37. The summed E-state index contributed by atoms with van der Waals surface area (Å²) in [6, 6.07) is 16.0. The van der Waals surface area contributed by atoms with E-state index in [0.29, 0.717) is 29.9 Å². The Bertz CT molecular complexity index is 901. The summed E-state index contributed by atoms with van der Waals surface area (Å²) in [7, 11) is 3.92. The lowest BCUT2D eigenvalue weighted by Gasteiger charge is -2.25.